The van der Waals surface area contributed by atoms with E-state index in [9.17, 15) is 0 Å². The Morgan fingerprint density at radius 3 is 2.89 bits per heavy atom. The van der Waals surface area contributed by atoms with Crippen molar-refractivity contribution >= 4 is 0 Å². The molecule has 0 amide bonds. The van der Waals surface area contributed by atoms with E-state index in [0.717, 1.165) is 16.9 Å². The van der Waals surface area contributed by atoms with E-state index < -0.39 is 0 Å². The number of ether oxygens (including phenoxy) is 1. The van der Waals surface area contributed by atoms with Crippen molar-refractivity contribution in [3.63, 3.8) is 0 Å². The molecule has 19 heavy (non-hydrogen) atoms. The van der Waals surface area contributed by atoms with E-state index in [4.69, 9.17) is 13.7 Å². The molecule has 0 saturated carbocycles. The number of rotatable bonds is 4. The van der Waals surface area contributed by atoms with E-state index >= 15 is 0 Å². The van der Waals surface area contributed by atoms with Crippen molar-refractivity contribution in [2.45, 2.75) is 6.42 Å². The van der Waals surface area contributed by atoms with Crippen molar-refractivity contribution in [1.29, 1.82) is 0 Å². The molecule has 5 heteroatoms. The van der Waals surface area contributed by atoms with E-state index in [1.54, 1.807) is 25.7 Å². The van der Waals surface area contributed by atoms with Gasteiger partial charge in [0.2, 0.25) is 0 Å². The topological polar surface area (TPSA) is 61.3 Å². The fourth-order valence-corrected chi connectivity index (χ4v) is 1.85. The molecule has 5 nitrogen and oxygen atoms in total. The Labute approximate surface area is 109 Å². The van der Waals surface area contributed by atoms with Gasteiger partial charge in [0.1, 0.15) is 12.0 Å². The predicted molar refractivity (Wildman–Crippen MR) is 67.8 cm³/mol. The SMILES string of the molecule is COc1ccccc1Cc1noc(-c2ccoc2)n1. The lowest BCUT2D eigenvalue weighted by Crippen LogP contribution is -1.95. The monoisotopic (exact) mass is 256 g/mol. The molecule has 0 N–H and O–H groups in total. The van der Waals surface area contributed by atoms with E-state index in [2.05, 4.69) is 10.1 Å². The Balaban J connectivity index is 1.84. The molecule has 0 radical (unpaired) electrons. The van der Waals surface area contributed by atoms with Crippen LogP contribution < -0.4 is 4.74 Å². The molecule has 3 aromatic rings. The third-order valence-corrected chi connectivity index (χ3v) is 2.78. The highest BCUT2D eigenvalue weighted by Gasteiger charge is 2.12. The molecule has 0 saturated heterocycles. The van der Waals surface area contributed by atoms with Gasteiger partial charge in [-0.25, -0.2) is 0 Å². The normalized spacial score (nSPS) is 10.6. The molecular weight excluding hydrogens is 244 g/mol. The number of hydrogen-bond acceptors (Lipinski definition) is 5. The summed E-state index contributed by atoms with van der Waals surface area (Å²) >= 11 is 0. The maximum Gasteiger partial charge on any atom is 0.261 e. The van der Waals surface area contributed by atoms with Crippen molar-refractivity contribution < 1.29 is 13.7 Å². The van der Waals surface area contributed by atoms with Crippen LogP contribution >= 0.6 is 0 Å². The van der Waals surface area contributed by atoms with Crippen LogP contribution in [-0.2, 0) is 6.42 Å². The summed E-state index contributed by atoms with van der Waals surface area (Å²) in [6.45, 7) is 0. The Morgan fingerprint density at radius 1 is 1.21 bits per heavy atom. The Morgan fingerprint density at radius 2 is 2.11 bits per heavy atom. The second kappa shape index (κ2) is 4.97. The number of hydrogen-bond donors (Lipinski definition) is 0. The quantitative estimate of drug-likeness (QED) is 0.718. The van der Waals surface area contributed by atoms with Crippen LogP contribution in [0.4, 0.5) is 0 Å². The van der Waals surface area contributed by atoms with Crippen molar-refractivity contribution in [1.82, 2.24) is 10.1 Å². The highest BCUT2D eigenvalue weighted by molar-refractivity contribution is 5.50. The Bertz CT molecular complexity index is 659. The van der Waals surface area contributed by atoms with Gasteiger partial charge in [-0.1, -0.05) is 23.4 Å². The number of nitrogens with zero attached hydrogens (tertiary/aromatic N) is 2. The minimum absolute atomic E-state index is 0.457. The molecule has 3 rings (SSSR count). The van der Waals surface area contributed by atoms with Gasteiger partial charge in [-0.15, -0.1) is 0 Å². The molecule has 0 aliphatic heterocycles. The van der Waals surface area contributed by atoms with Gasteiger partial charge in [0.05, 0.1) is 18.9 Å². The molecule has 0 bridgehead atoms. The summed E-state index contributed by atoms with van der Waals surface area (Å²) in [5.74, 6) is 1.89. The summed E-state index contributed by atoms with van der Waals surface area (Å²) in [4.78, 5) is 4.33. The first-order valence-electron chi connectivity index (χ1n) is 5.84. The van der Waals surface area contributed by atoms with Gasteiger partial charge in [-0.3, -0.25) is 0 Å². The predicted octanol–water partition coefficient (Wildman–Crippen LogP) is 2.93. The molecule has 0 aliphatic carbocycles. The van der Waals surface area contributed by atoms with Crippen LogP contribution in [0.2, 0.25) is 0 Å². The van der Waals surface area contributed by atoms with E-state index in [1.807, 2.05) is 24.3 Å². The highest BCUT2D eigenvalue weighted by atomic mass is 16.5. The van der Waals surface area contributed by atoms with Crippen LogP contribution in [0.15, 0.2) is 51.8 Å². The van der Waals surface area contributed by atoms with Gasteiger partial charge in [0, 0.05) is 12.0 Å². The minimum atomic E-state index is 0.457. The minimum Gasteiger partial charge on any atom is -0.496 e. The molecular formula is C14H12N2O3. The molecule has 1 aromatic carbocycles. The lowest BCUT2D eigenvalue weighted by molar-refractivity contribution is 0.408. The van der Waals surface area contributed by atoms with Crippen LogP contribution in [0, 0.1) is 0 Å². The van der Waals surface area contributed by atoms with Crippen molar-refractivity contribution in [3.8, 4) is 17.2 Å². The maximum atomic E-state index is 5.30. The van der Waals surface area contributed by atoms with E-state index in [1.165, 1.54) is 0 Å². The molecule has 0 unspecified atom stereocenters. The first-order chi connectivity index (χ1) is 9.36. The summed E-state index contributed by atoms with van der Waals surface area (Å²) in [7, 11) is 1.64. The average molecular weight is 256 g/mol. The molecule has 0 atom stereocenters. The zero-order valence-corrected chi connectivity index (χ0v) is 10.4. The van der Waals surface area contributed by atoms with Gasteiger partial charge in [0.25, 0.3) is 5.89 Å². The summed E-state index contributed by atoms with van der Waals surface area (Å²) in [6, 6.07) is 9.55. The number of para-hydroxylation sites is 1. The summed E-state index contributed by atoms with van der Waals surface area (Å²) in [6.07, 6.45) is 3.70. The zero-order chi connectivity index (χ0) is 13.1. The number of furan rings is 1. The average Bonchev–Trinajstić information content (AvgIpc) is 3.09. The summed E-state index contributed by atoms with van der Waals surface area (Å²) in [5, 5.41) is 3.96. The first-order valence-corrected chi connectivity index (χ1v) is 5.84. The molecule has 0 spiro atoms. The van der Waals surface area contributed by atoms with Crippen LogP contribution in [0.3, 0.4) is 0 Å². The summed E-state index contributed by atoms with van der Waals surface area (Å²) in [5.41, 5.74) is 1.79. The fourth-order valence-electron chi connectivity index (χ4n) is 1.85. The number of methoxy groups -OCH3 is 1. The van der Waals surface area contributed by atoms with Crippen molar-refractivity contribution in [3.05, 3.63) is 54.2 Å². The second-order valence-electron chi connectivity index (χ2n) is 4.02. The van der Waals surface area contributed by atoms with Crippen LogP contribution in [0.25, 0.3) is 11.5 Å². The van der Waals surface area contributed by atoms with Gasteiger partial charge in [0.15, 0.2) is 5.82 Å². The molecule has 2 aromatic heterocycles. The van der Waals surface area contributed by atoms with Gasteiger partial charge >= 0.3 is 0 Å². The van der Waals surface area contributed by atoms with Crippen LogP contribution in [-0.4, -0.2) is 17.3 Å². The maximum absolute atomic E-state index is 5.30. The number of benzene rings is 1. The number of aromatic nitrogens is 2. The molecule has 0 aliphatic rings. The molecule has 0 fully saturated rings. The molecule has 96 valence electrons. The van der Waals surface area contributed by atoms with Crippen molar-refractivity contribution in [2.24, 2.45) is 0 Å². The van der Waals surface area contributed by atoms with Gasteiger partial charge in [-0.05, 0) is 12.1 Å². The fraction of sp³-hybridized carbons (Fsp3) is 0.143. The highest BCUT2D eigenvalue weighted by Crippen LogP contribution is 2.22. The van der Waals surface area contributed by atoms with Crippen LogP contribution in [0.5, 0.6) is 5.75 Å². The van der Waals surface area contributed by atoms with E-state index in [-0.39, 0.29) is 0 Å². The zero-order valence-electron chi connectivity index (χ0n) is 10.4. The molecule has 2 heterocycles. The Kier molecular flexibility index (Phi) is 3.02. The van der Waals surface area contributed by atoms with Gasteiger partial charge in [-0.2, -0.15) is 4.98 Å². The lowest BCUT2D eigenvalue weighted by atomic mass is 10.1. The third kappa shape index (κ3) is 2.35. The van der Waals surface area contributed by atoms with Gasteiger partial charge < -0.3 is 13.7 Å². The van der Waals surface area contributed by atoms with Crippen LogP contribution in [0.1, 0.15) is 11.4 Å². The summed E-state index contributed by atoms with van der Waals surface area (Å²) < 4.78 is 15.5. The first kappa shape index (κ1) is 11.5. The Hall–Kier alpha value is -2.56. The standard InChI is InChI=1S/C14H12N2O3/c1-17-12-5-3-2-4-10(12)8-13-15-14(19-16-13)11-6-7-18-9-11/h2-7,9H,8H2,1H3. The smallest absolute Gasteiger partial charge is 0.261 e. The van der Waals surface area contributed by atoms with Crippen molar-refractivity contribution in [2.75, 3.05) is 7.11 Å². The second-order valence-corrected chi connectivity index (χ2v) is 4.02. The lowest BCUT2D eigenvalue weighted by Gasteiger charge is -2.04. The largest absolute Gasteiger partial charge is 0.496 e. The van der Waals surface area contributed by atoms with E-state index in [0.29, 0.717) is 18.1 Å². The third-order valence-electron chi connectivity index (χ3n) is 2.78.